The van der Waals surface area contributed by atoms with E-state index in [9.17, 15) is 4.79 Å². The Morgan fingerprint density at radius 2 is 2.43 bits per heavy atom. The number of aryl methyl sites for hydroxylation is 1. The number of pyridine rings is 1. The molecule has 0 spiro atoms. The Morgan fingerprint density at radius 1 is 1.64 bits per heavy atom. The molecule has 0 unspecified atom stereocenters. The summed E-state index contributed by atoms with van der Waals surface area (Å²) in [4.78, 5) is 11.4. The smallest absolute Gasteiger partial charge is 0.344 e. The molecule has 1 aromatic heterocycles. The predicted octanol–water partition coefficient (Wildman–Crippen LogP) is 1.24. The fourth-order valence-corrected chi connectivity index (χ4v) is 1.01. The molecule has 0 N–H and O–H groups in total. The van der Waals surface area contributed by atoms with Gasteiger partial charge in [0.1, 0.15) is 19.2 Å². The highest BCUT2D eigenvalue weighted by molar-refractivity contribution is 5.88. The lowest BCUT2D eigenvalue weighted by atomic mass is 10.3. The van der Waals surface area contributed by atoms with E-state index in [1.807, 2.05) is 36.9 Å². The lowest BCUT2D eigenvalue weighted by Gasteiger charge is -1.99. The highest BCUT2D eigenvalue weighted by atomic mass is 16.5. The van der Waals surface area contributed by atoms with Gasteiger partial charge in [0, 0.05) is 6.07 Å². The molecule has 3 nitrogen and oxygen atoms in total. The van der Waals surface area contributed by atoms with Crippen molar-refractivity contribution in [2.75, 3.05) is 6.61 Å². The van der Waals surface area contributed by atoms with Gasteiger partial charge in [-0.1, -0.05) is 12.2 Å². The Hall–Kier alpha value is -1.64. The van der Waals surface area contributed by atoms with Crippen molar-refractivity contribution >= 4 is 5.97 Å². The number of hydrogen-bond donors (Lipinski definition) is 0. The molecule has 0 aliphatic carbocycles. The van der Waals surface area contributed by atoms with Gasteiger partial charge in [0.05, 0.1) is 0 Å². The Labute approximate surface area is 83.6 Å². The van der Waals surface area contributed by atoms with Crippen LogP contribution in [-0.2, 0) is 11.8 Å². The molecule has 0 saturated carbocycles. The van der Waals surface area contributed by atoms with E-state index in [-0.39, 0.29) is 5.97 Å². The monoisotopic (exact) mass is 192 g/mol. The van der Waals surface area contributed by atoms with Gasteiger partial charge >= 0.3 is 5.97 Å². The van der Waals surface area contributed by atoms with E-state index in [0.29, 0.717) is 12.2 Å². The summed E-state index contributed by atoms with van der Waals surface area (Å²) in [5.74, 6) is -0.292. The van der Waals surface area contributed by atoms with E-state index in [1.165, 1.54) is 0 Å². The molecule has 0 bridgehead atoms. The van der Waals surface area contributed by atoms with Crippen LogP contribution in [0.5, 0.6) is 0 Å². The molecule has 1 heterocycles. The number of nitrogens with zero attached hydrogens (tertiary/aromatic N) is 1. The Balaban J connectivity index is 2.60. The van der Waals surface area contributed by atoms with Gasteiger partial charge in [0.2, 0.25) is 0 Å². The topological polar surface area (TPSA) is 30.2 Å². The largest absolute Gasteiger partial charge is 0.458 e. The second kappa shape index (κ2) is 5.17. The first-order valence-electron chi connectivity index (χ1n) is 4.47. The second-order valence-corrected chi connectivity index (χ2v) is 2.93. The maximum absolute atomic E-state index is 11.4. The summed E-state index contributed by atoms with van der Waals surface area (Å²) in [6.07, 6.45) is 7.24. The molecule has 74 valence electrons. The molecule has 0 saturated heterocycles. The highest BCUT2D eigenvalue weighted by Crippen LogP contribution is 1.97. The first kappa shape index (κ1) is 10.4. The van der Waals surface area contributed by atoms with Crippen molar-refractivity contribution in [1.29, 1.82) is 0 Å². The lowest BCUT2D eigenvalue weighted by molar-refractivity contribution is -0.671. The van der Waals surface area contributed by atoms with Gasteiger partial charge in [-0.2, -0.15) is 0 Å². The first-order chi connectivity index (χ1) is 6.74. The van der Waals surface area contributed by atoms with Crippen molar-refractivity contribution in [3.05, 3.63) is 42.2 Å². The molecule has 0 aliphatic heterocycles. The lowest BCUT2D eigenvalue weighted by Crippen LogP contribution is -2.28. The molecule has 0 aliphatic rings. The van der Waals surface area contributed by atoms with E-state index in [1.54, 1.807) is 18.3 Å². The van der Waals surface area contributed by atoms with E-state index in [2.05, 4.69) is 0 Å². The maximum Gasteiger partial charge on any atom is 0.344 e. The zero-order valence-electron chi connectivity index (χ0n) is 8.43. The van der Waals surface area contributed by atoms with Crippen molar-refractivity contribution in [3.8, 4) is 0 Å². The van der Waals surface area contributed by atoms with Crippen molar-refractivity contribution in [2.24, 2.45) is 7.05 Å². The molecular formula is C11H14NO2+. The summed E-state index contributed by atoms with van der Waals surface area (Å²) in [5, 5.41) is 0. The number of hydrogen-bond acceptors (Lipinski definition) is 2. The molecule has 0 radical (unpaired) electrons. The van der Waals surface area contributed by atoms with Crippen LogP contribution in [0.4, 0.5) is 0 Å². The van der Waals surface area contributed by atoms with Gasteiger partial charge in [-0.15, -0.1) is 0 Å². The maximum atomic E-state index is 11.4. The van der Waals surface area contributed by atoms with E-state index >= 15 is 0 Å². The molecule has 0 fully saturated rings. The van der Waals surface area contributed by atoms with Crippen LogP contribution in [-0.4, -0.2) is 12.6 Å². The number of ether oxygens (including phenoxy) is 1. The Morgan fingerprint density at radius 3 is 3.07 bits per heavy atom. The zero-order chi connectivity index (χ0) is 10.4. The molecule has 14 heavy (non-hydrogen) atoms. The highest BCUT2D eigenvalue weighted by Gasteiger charge is 2.08. The van der Waals surface area contributed by atoms with Gasteiger partial charge in [0.25, 0.3) is 0 Å². The van der Waals surface area contributed by atoms with Crippen LogP contribution in [0.15, 0.2) is 36.7 Å². The average molecular weight is 192 g/mol. The van der Waals surface area contributed by atoms with Crippen LogP contribution in [0.1, 0.15) is 17.3 Å². The molecule has 0 aromatic carbocycles. The number of carbonyl (C=O) groups is 1. The summed E-state index contributed by atoms with van der Waals surface area (Å²) < 4.78 is 6.80. The van der Waals surface area contributed by atoms with E-state index < -0.39 is 0 Å². The van der Waals surface area contributed by atoms with Gasteiger partial charge in [-0.25, -0.2) is 9.36 Å². The van der Waals surface area contributed by atoms with Crippen LogP contribution in [0.25, 0.3) is 0 Å². The summed E-state index contributed by atoms with van der Waals surface area (Å²) >= 11 is 0. The van der Waals surface area contributed by atoms with Crippen molar-refractivity contribution in [2.45, 2.75) is 6.92 Å². The standard InChI is InChI=1S/C11H14NO2/c1-3-4-8-14-11(13)10-6-5-7-12(2)9-10/h3-7,9H,8H2,1-2H3/q+1. The number of allylic oxidation sites excluding steroid dienone is 1. The normalized spacial score (nSPS) is 10.4. The van der Waals surface area contributed by atoms with Crippen LogP contribution >= 0.6 is 0 Å². The molecule has 0 amide bonds. The number of esters is 1. The van der Waals surface area contributed by atoms with Crippen LogP contribution < -0.4 is 4.57 Å². The summed E-state index contributed by atoms with van der Waals surface area (Å²) in [5.41, 5.74) is 0.569. The summed E-state index contributed by atoms with van der Waals surface area (Å²) in [6, 6.07) is 3.55. The Kier molecular flexibility index (Phi) is 3.85. The summed E-state index contributed by atoms with van der Waals surface area (Å²) in [7, 11) is 1.86. The van der Waals surface area contributed by atoms with Crippen LogP contribution in [0.2, 0.25) is 0 Å². The molecule has 0 atom stereocenters. The minimum Gasteiger partial charge on any atom is -0.458 e. The van der Waals surface area contributed by atoms with Crippen molar-refractivity contribution < 1.29 is 14.1 Å². The second-order valence-electron chi connectivity index (χ2n) is 2.93. The van der Waals surface area contributed by atoms with Crippen molar-refractivity contribution in [3.63, 3.8) is 0 Å². The van der Waals surface area contributed by atoms with Gasteiger partial charge in [-0.05, 0) is 13.0 Å². The quantitative estimate of drug-likeness (QED) is 0.410. The number of carbonyl (C=O) groups excluding carboxylic acids is 1. The number of aromatic nitrogens is 1. The molecule has 1 aromatic rings. The number of rotatable bonds is 3. The SMILES string of the molecule is CC=CCOC(=O)c1ccc[n+](C)c1. The summed E-state index contributed by atoms with van der Waals surface area (Å²) in [6.45, 7) is 2.21. The molecular weight excluding hydrogens is 178 g/mol. The third kappa shape index (κ3) is 3.01. The minimum atomic E-state index is -0.292. The van der Waals surface area contributed by atoms with Crippen molar-refractivity contribution in [1.82, 2.24) is 0 Å². The first-order valence-corrected chi connectivity index (χ1v) is 4.47. The third-order valence-corrected chi connectivity index (χ3v) is 1.72. The van der Waals surface area contributed by atoms with Crippen LogP contribution in [0.3, 0.4) is 0 Å². The average Bonchev–Trinajstić information content (AvgIpc) is 2.18. The fourth-order valence-electron chi connectivity index (χ4n) is 1.01. The van der Waals surface area contributed by atoms with E-state index in [0.717, 1.165) is 0 Å². The van der Waals surface area contributed by atoms with Gasteiger partial charge < -0.3 is 4.74 Å². The minimum absolute atomic E-state index is 0.292. The predicted molar refractivity (Wildman–Crippen MR) is 52.7 cm³/mol. The zero-order valence-corrected chi connectivity index (χ0v) is 8.43. The molecule has 3 heteroatoms. The third-order valence-electron chi connectivity index (χ3n) is 1.72. The van der Waals surface area contributed by atoms with E-state index in [4.69, 9.17) is 4.74 Å². The van der Waals surface area contributed by atoms with Gasteiger partial charge in [0.15, 0.2) is 12.4 Å². The molecule has 1 rings (SSSR count). The fraction of sp³-hybridized carbons (Fsp3) is 0.273. The van der Waals surface area contributed by atoms with Gasteiger partial charge in [-0.3, -0.25) is 0 Å². The Bertz CT molecular complexity index is 345. The van der Waals surface area contributed by atoms with Crippen LogP contribution in [0, 0.1) is 0 Å².